The number of nitrogens with zero attached hydrogens (tertiary/aromatic N) is 2. The van der Waals surface area contributed by atoms with Gasteiger partial charge >= 0.3 is 0 Å². The van der Waals surface area contributed by atoms with Gasteiger partial charge in [0.1, 0.15) is 5.75 Å². The number of halogens is 1. The van der Waals surface area contributed by atoms with E-state index in [4.69, 9.17) is 9.47 Å². The molecule has 3 aromatic rings. The molecule has 0 N–H and O–H groups in total. The molecule has 0 aliphatic rings. The molecule has 0 saturated carbocycles. The van der Waals surface area contributed by atoms with Crippen LogP contribution in [0.15, 0.2) is 48.5 Å². The van der Waals surface area contributed by atoms with Crippen LogP contribution < -0.4 is 9.47 Å². The second-order valence-corrected chi connectivity index (χ2v) is 8.37. The quantitative estimate of drug-likeness (QED) is 0.286. The highest BCUT2D eigenvalue weighted by molar-refractivity contribution is 9.09. The van der Waals surface area contributed by atoms with Crippen molar-refractivity contribution in [2.45, 2.75) is 38.5 Å². The molecule has 0 spiro atoms. The zero-order valence-electron chi connectivity index (χ0n) is 17.7. The first-order valence-electron chi connectivity index (χ1n) is 10.2. The molecule has 4 nitrogen and oxygen atoms in total. The van der Waals surface area contributed by atoms with Crippen molar-refractivity contribution >= 4 is 26.8 Å². The molecular weight excluding hydrogens is 440 g/mol. The first kappa shape index (κ1) is 22.1. The third-order valence-electron chi connectivity index (χ3n) is 5.32. The van der Waals surface area contributed by atoms with E-state index in [1.807, 2.05) is 49.4 Å². The van der Waals surface area contributed by atoms with Crippen molar-refractivity contribution in [3.05, 3.63) is 65.2 Å². The van der Waals surface area contributed by atoms with Crippen molar-refractivity contribution in [1.82, 2.24) is 4.98 Å². The molecule has 30 heavy (non-hydrogen) atoms. The first-order valence-corrected chi connectivity index (χ1v) is 11.3. The van der Waals surface area contributed by atoms with Crippen molar-refractivity contribution in [1.29, 1.82) is 5.26 Å². The first-order chi connectivity index (χ1) is 14.5. The Morgan fingerprint density at radius 1 is 1.17 bits per heavy atom. The summed E-state index contributed by atoms with van der Waals surface area (Å²) in [5.74, 6) is 1.49. The molecule has 0 amide bonds. The van der Waals surface area contributed by atoms with Crippen LogP contribution in [-0.4, -0.2) is 24.0 Å². The smallest absolute Gasteiger partial charge is 0.216 e. The molecule has 0 aliphatic heterocycles. The predicted molar refractivity (Wildman–Crippen MR) is 125 cm³/mol. The Labute approximate surface area is 187 Å². The van der Waals surface area contributed by atoms with E-state index in [1.54, 1.807) is 7.11 Å². The lowest BCUT2D eigenvalue weighted by molar-refractivity contribution is 0.318. The van der Waals surface area contributed by atoms with Gasteiger partial charge in [0.2, 0.25) is 5.88 Å². The van der Waals surface area contributed by atoms with Crippen LogP contribution in [0, 0.1) is 11.3 Å². The van der Waals surface area contributed by atoms with Crippen molar-refractivity contribution in [2.75, 3.05) is 19.0 Å². The Balaban J connectivity index is 1.91. The van der Waals surface area contributed by atoms with Crippen LogP contribution in [0.5, 0.6) is 11.6 Å². The number of methoxy groups -OCH3 is 1. The van der Waals surface area contributed by atoms with Crippen LogP contribution in [0.25, 0.3) is 10.9 Å². The molecule has 3 rings (SSSR count). The minimum absolute atomic E-state index is 0.592. The lowest BCUT2D eigenvalue weighted by atomic mass is 9.78. The standard InChI is InChI=1S/C25H27BrN2O2/c1-4-19-14-20-9-10-21(15-23(20)28-24(19)29-3)25(2,17-27)16-18-7-5-8-22(13-18)30-12-6-11-26/h5,7-10,13-15H,4,6,11-12,16H2,1-3H3. The van der Waals surface area contributed by atoms with Gasteiger partial charge in [-0.05, 0) is 61.6 Å². The zero-order valence-corrected chi connectivity index (χ0v) is 19.3. The highest BCUT2D eigenvalue weighted by atomic mass is 79.9. The average Bonchev–Trinajstić information content (AvgIpc) is 2.78. The Morgan fingerprint density at radius 3 is 2.70 bits per heavy atom. The van der Waals surface area contributed by atoms with Gasteiger partial charge in [0.15, 0.2) is 0 Å². The summed E-state index contributed by atoms with van der Waals surface area (Å²) in [6.45, 7) is 4.73. The lowest BCUT2D eigenvalue weighted by Gasteiger charge is -2.23. The number of ether oxygens (including phenoxy) is 2. The average molecular weight is 467 g/mol. The third-order valence-corrected chi connectivity index (χ3v) is 5.88. The maximum Gasteiger partial charge on any atom is 0.216 e. The summed E-state index contributed by atoms with van der Waals surface area (Å²) in [5.41, 5.74) is 3.26. The zero-order chi connectivity index (χ0) is 21.6. The number of nitriles is 1. The fourth-order valence-electron chi connectivity index (χ4n) is 3.57. The Hall–Kier alpha value is -2.58. The van der Waals surface area contributed by atoms with E-state index in [1.165, 1.54) is 0 Å². The predicted octanol–water partition coefficient (Wildman–Crippen LogP) is 5.99. The number of benzene rings is 2. The van der Waals surface area contributed by atoms with E-state index in [2.05, 4.69) is 40.0 Å². The van der Waals surface area contributed by atoms with Crippen LogP contribution in [-0.2, 0) is 18.3 Å². The fourth-order valence-corrected chi connectivity index (χ4v) is 3.80. The second kappa shape index (κ2) is 9.95. The van der Waals surface area contributed by atoms with Gasteiger partial charge in [-0.15, -0.1) is 0 Å². The van der Waals surface area contributed by atoms with Gasteiger partial charge in [0.25, 0.3) is 0 Å². The molecule has 0 aliphatic carbocycles. The molecule has 1 aromatic heterocycles. The molecule has 2 aromatic carbocycles. The molecule has 156 valence electrons. The number of aryl methyl sites for hydroxylation is 1. The Bertz CT molecular complexity index is 1060. The fraction of sp³-hybridized carbons (Fsp3) is 0.360. The summed E-state index contributed by atoms with van der Waals surface area (Å²) >= 11 is 3.42. The topological polar surface area (TPSA) is 55.1 Å². The maximum atomic E-state index is 10.1. The van der Waals surface area contributed by atoms with E-state index in [0.29, 0.717) is 18.9 Å². The van der Waals surface area contributed by atoms with Gasteiger partial charge in [0, 0.05) is 16.3 Å². The maximum absolute atomic E-state index is 10.1. The van der Waals surface area contributed by atoms with E-state index in [-0.39, 0.29) is 0 Å². The van der Waals surface area contributed by atoms with Crippen LogP contribution in [0.2, 0.25) is 0 Å². The van der Waals surface area contributed by atoms with Crippen molar-refractivity contribution in [2.24, 2.45) is 0 Å². The number of pyridine rings is 1. The normalized spacial score (nSPS) is 12.9. The molecule has 0 saturated heterocycles. The minimum Gasteiger partial charge on any atom is -0.494 e. The number of hydrogen-bond donors (Lipinski definition) is 0. The van der Waals surface area contributed by atoms with Gasteiger partial charge in [-0.2, -0.15) is 5.26 Å². The highest BCUT2D eigenvalue weighted by Gasteiger charge is 2.27. The Morgan fingerprint density at radius 2 is 2.00 bits per heavy atom. The van der Waals surface area contributed by atoms with Gasteiger partial charge in [-0.1, -0.05) is 47.1 Å². The van der Waals surface area contributed by atoms with Gasteiger partial charge in [0.05, 0.1) is 30.7 Å². The van der Waals surface area contributed by atoms with Crippen LogP contribution >= 0.6 is 15.9 Å². The lowest BCUT2D eigenvalue weighted by Crippen LogP contribution is -2.23. The second-order valence-electron chi connectivity index (χ2n) is 7.58. The highest BCUT2D eigenvalue weighted by Crippen LogP contribution is 2.32. The van der Waals surface area contributed by atoms with Crippen molar-refractivity contribution in [3.63, 3.8) is 0 Å². The van der Waals surface area contributed by atoms with Crippen LogP contribution in [0.3, 0.4) is 0 Å². The van der Waals surface area contributed by atoms with Crippen molar-refractivity contribution < 1.29 is 9.47 Å². The molecule has 0 radical (unpaired) electrons. The molecule has 1 unspecified atom stereocenters. The van der Waals surface area contributed by atoms with Crippen LogP contribution in [0.1, 0.15) is 37.0 Å². The van der Waals surface area contributed by atoms with Crippen LogP contribution in [0.4, 0.5) is 0 Å². The third kappa shape index (κ3) is 4.94. The summed E-state index contributed by atoms with van der Waals surface area (Å²) in [6.07, 6.45) is 2.40. The van der Waals surface area contributed by atoms with Crippen molar-refractivity contribution in [3.8, 4) is 17.7 Å². The Kier molecular flexibility index (Phi) is 7.33. The van der Waals surface area contributed by atoms with E-state index in [9.17, 15) is 5.26 Å². The molecule has 1 atom stereocenters. The largest absolute Gasteiger partial charge is 0.494 e. The molecule has 0 bridgehead atoms. The summed E-state index contributed by atoms with van der Waals surface area (Å²) < 4.78 is 11.3. The summed E-state index contributed by atoms with van der Waals surface area (Å²) in [4.78, 5) is 4.68. The molecule has 0 fully saturated rings. The molecule has 1 heterocycles. The molecule has 5 heteroatoms. The van der Waals surface area contributed by atoms with Gasteiger partial charge in [-0.25, -0.2) is 4.98 Å². The van der Waals surface area contributed by atoms with E-state index >= 15 is 0 Å². The summed E-state index contributed by atoms with van der Waals surface area (Å²) in [7, 11) is 1.64. The van der Waals surface area contributed by atoms with Gasteiger partial charge < -0.3 is 9.47 Å². The minimum atomic E-state index is -0.680. The summed E-state index contributed by atoms with van der Waals surface area (Å²) in [5, 5.41) is 12.0. The number of rotatable bonds is 9. The van der Waals surface area contributed by atoms with E-state index < -0.39 is 5.41 Å². The number of alkyl halides is 1. The van der Waals surface area contributed by atoms with E-state index in [0.717, 1.165) is 51.5 Å². The monoisotopic (exact) mass is 466 g/mol. The number of aromatic nitrogens is 1. The number of hydrogen-bond acceptors (Lipinski definition) is 4. The van der Waals surface area contributed by atoms with Gasteiger partial charge in [-0.3, -0.25) is 0 Å². The SMILES string of the molecule is CCc1cc2ccc(C(C)(C#N)Cc3cccc(OCCCBr)c3)cc2nc1OC. The molecular formula is C25H27BrN2O2. The summed E-state index contributed by atoms with van der Waals surface area (Å²) in [6, 6.07) is 18.7. The number of fused-ring (bicyclic) bond motifs is 1.